The maximum absolute atomic E-state index is 12.7. The Morgan fingerprint density at radius 2 is 1.69 bits per heavy atom. The summed E-state index contributed by atoms with van der Waals surface area (Å²) in [5.41, 5.74) is 3.12. The molecule has 0 aliphatic heterocycles. The monoisotopic (exact) mass is 348 g/mol. The van der Waals surface area contributed by atoms with E-state index in [-0.39, 0.29) is 5.97 Å². The number of nitrogens with zero attached hydrogens (tertiary/aromatic N) is 2. The molecule has 0 aliphatic rings. The molecule has 3 aromatic rings. The second-order valence-electron chi connectivity index (χ2n) is 6.10. The summed E-state index contributed by atoms with van der Waals surface area (Å²) in [6.07, 6.45) is 0. The van der Waals surface area contributed by atoms with Crippen molar-refractivity contribution in [1.82, 2.24) is 9.88 Å². The van der Waals surface area contributed by atoms with Gasteiger partial charge in [-0.25, -0.2) is 9.78 Å². The zero-order valence-corrected chi connectivity index (χ0v) is 15.3. The van der Waals surface area contributed by atoms with Crippen LogP contribution in [0.3, 0.4) is 0 Å². The van der Waals surface area contributed by atoms with Crippen LogP contribution in [0.15, 0.2) is 60.7 Å². The van der Waals surface area contributed by atoms with Gasteiger partial charge >= 0.3 is 5.97 Å². The van der Waals surface area contributed by atoms with Gasteiger partial charge in [-0.15, -0.1) is 0 Å². The number of pyridine rings is 1. The van der Waals surface area contributed by atoms with Gasteiger partial charge in [-0.3, -0.25) is 0 Å². The largest absolute Gasteiger partial charge is 0.461 e. The van der Waals surface area contributed by atoms with Crippen molar-refractivity contribution in [2.45, 2.75) is 13.8 Å². The highest BCUT2D eigenvalue weighted by atomic mass is 16.5. The van der Waals surface area contributed by atoms with Crippen molar-refractivity contribution in [3.8, 4) is 11.3 Å². The number of carbonyl (C=O) groups is 1. The lowest BCUT2D eigenvalue weighted by molar-refractivity contribution is 0.0468. The van der Waals surface area contributed by atoms with Crippen LogP contribution in [0.1, 0.15) is 24.2 Å². The first-order valence-corrected chi connectivity index (χ1v) is 9.07. The summed E-state index contributed by atoms with van der Waals surface area (Å²) in [4.78, 5) is 19.7. The summed E-state index contributed by atoms with van der Waals surface area (Å²) in [6, 6.07) is 19.4. The molecule has 1 aromatic heterocycles. The molecule has 26 heavy (non-hydrogen) atoms. The molecule has 1 heterocycles. The molecule has 0 saturated heterocycles. The minimum Gasteiger partial charge on any atom is -0.461 e. The smallest absolute Gasteiger partial charge is 0.338 e. The third-order valence-electron chi connectivity index (χ3n) is 4.54. The first-order valence-electron chi connectivity index (χ1n) is 9.07. The van der Waals surface area contributed by atoms with Gasteiger partial charge in [0.05, 0.1) is 16.8 Å². The molecule has 0 aliphatic carbocycles. The number of rotatable bonds is 7. The molecule has 3 rings (SSSR count). The van der Waals surface area contributed by atoms with Crippen LogP contribution < -0.4 is 0 Å². The second-order valence-corrected chi connectivity index (χ2v) is 6.10. The van der Waals surface area contributed by atoms with Gasteiger partial charge in [-0.1, -0.05) is 62.4 Å². The van der Waals surface area contributed by atoms with E-state index in [1.165, 1.54) is 0 Å². The molecule has 4 nitrogen and oxygen atoms in total. The van der Waals surface area contributed by atoms with Crippen molar-refractivity contribution in [3.05, 3.63) is 66.2 Å². The molecular weight excluding hydrogens is 324 g/mol. The Kier molecular flexibility index (Phi) is 5.97. The number of fused-ring (bicyclic) bond motifs is 1. The lowest BCUT2D eigenvalue weighted by Crippen LogP contribution is -2.28. The van der Waals surface area contributed by atoms with Crippen molar-refractivity contribution in [2.24, 2.45) is 0 Å². The maximum Gasteiger partial charge on any atom is 0.338 e. The van der Waals surface area contributed by atoms with E-state index in [0.29, 0.717) is 12.2 Å². The Labute approximate surface area is 154 Å². The van der Waals surface area contributed by atoms with E-state index in [1.54, 1.807) is 0 Å². The molecule has 4 heteroatoms. The van der Waals surface area contributed by atoms with Gasteiger partial charge in [0, 0.05) is 17.5 Å². The van der Waals surface area contributed by atoms with Crippen molar-refractivity contribution in [2.75, 3.05) is 26.2 Å². The lowest BCUT2D eigenvalue weighted by atomic mass is 10.0. The molecule has 0 bridgehead atoms. The highest BCUT2D eigenvalue weighted by molar-refractivity contribution is 6.04. The standard InChI is InChI=1S/C22H24N2O2/c1-3-24(4-2)14-15-26-22(25)19-16-21(17-10-6-5-7-11-17)23-20-13-9-8-12-18(19)20/h5-13,16H,3-4,14-15H2,1-2H3. The number of likely N-dealkylation sites (N-methyl/N-ethyl adjacent to an activating group) is 1. The van der Waals surface area contributed by atoms with Gasteiger partial charge in [-0.2, -0.15) is 0 Å². The van der Waals surface area contributed by atoms with Crippen LogP contribution in [0.5, 0.6) is 0 Å². The Hall–Kier alpha value is -2.72. The van der Waals surface area contributed by atoms with Gasteiger partial charge in [0.25, 0.3) is 0 Å². The van der Waals surface area contributed by atoms with Crippen molar-refractivity contribution >= 4 is 16.9 Å². The number of carbonyl (C=O) groups excluding carboxylic acids is 1. The van der Waals surface area contributed by atoms with E-state index in [2.05, 4.69) is 18.7 Å². The lowest BCUT2D eigenvalue weighted by Gasteiger charge is -2.17. The predicted molar refractivity (Wildman–Crippen MR) is 105 cm³/mol. The third kappa shape index (κ3) is 4.09. The van der Waals surface area contributed by atoms with E-state index in [4.69, 9.17) is 9.72 Å². The molecule has 0 radical (unpaired) electrons. The van der Waals surface area contributed by atoms with E-state index in [0.717, 1.165) is 41.8 Å². The van der Waals surface area contributed by atoms with Gasteiger partial charge < -0.3 is 9.64 Å². The molecule has 0 spiro atoms. The first kappa shape index (κ1) is 18.1. The number of hydrogen-bond acceptors (Lipinski definition) is 4. The first-order chi connectivity index (χ1) is 12.7. The highest BCUT2D eigenvalue weighted by Crippen LogP contribution is 2.25. The molecule has 0 saturated carbocycles. The quantitative estimate of drug-likeness (QED) is 0.594. The summed E-state index contributed by atoms with van der Waals surface area (Å²) < 4.78 is 5.55. The maximum atomic E-state index is 12.7. The fraction of sp³-hybridized carbons (Fsp3) is 0.273. The van der Waals surface area contributed by atoms with Crippen LogP contribution in [-0.4, -0.2) is 42.1 Å². The van der Waals surface area contributed by atoms with E-state index in [9.17, 15) is 4.79 Å². The van der Waals surface area contributed by atoms with Crippen molar-refractivity contribution < 1.29 is 9.53 Å². The van der Waals surface area contributed by atoms with Gasteiger partial charge in [0.2, 0.25) is 0 Å². The predicted octanol–water partition coefficient (Wildman–Crippen LogP) is 4.40. The van der Waals surface area contributed by atoms with E-state index >= 15 is 0 Å². The minimum atomic E-state index is -0.298. The van der Waals surface area contributed by atoms with Crippen LogP contribution in [0.25, 0.3) is 22.2 Å². The number of para-hydroxylation sites is 1. The average Bonchev–Trinajstić information content (AvgIpc) is 2.71. The van der Waals surface area contributed by atoms with Crippen LogP contribution in [-0.2, 0) is 4.74 Å². The number of esters is 1. The van der Waals surface area contributed by atoms with E-state index < -0.39 is 0 Å². The Morgan fingerprint density at radius 3 is 2.42 bits per heavy atom. The number of benzene rings is 2. The third-order valence-corrected chi connectivity index (χ3v) is 4.54. The zero-order valence-electron chi connectivity index (χ0n) is 15.3. The molecule has 0 fully saturated rings. The van der Waals surface area contributed by atoms with Crippen LogP contribution in [0.4, 0.5) is 0 Å². The summed E-state index contributed by atoms with van der Waals surface area (Å²) in [5, 5.41) is 0.819. The average molecular weight is 348 g/mol. The fourth-order valence-corrected chi connectivity index (χ4v) is 2.99. The van der Waals surface area contributed by atoms with E-state index in [1.807, 2.05) is 60.7 Å². The minimum absolute atomic E-state index is 0.298. The summed E-state index contributed by atoms with van der Waals surface area (Å²) >= 11 is 0. The normalized spacial score (nSPS) is 11.0. The molecule has 134 valence electrons. The molecule has 2 aromatic carbocycles. The second kappa shape index (κ2) is 8.59. The van der Waals surface area contributed by atoms with Gasteiger partial charge in [0.15, 0.2) is 0 Å². The van der Waals surface area contributed by atoms with Crippen molar-refractivity contribution in [1.29, 1.82) is 0 Å². The van der Waals surface area contributed by atoms with Gasteiger partial charge in [-0.05, 0) is 25.2 Å². The van der Waals surface area contributed by atoms with Gasteiger partial charge in [0.1, 0.15) is 6.61 Å². The number of hydrogen-bond donors (Lipinski definition) is 0. The fourth-order valence-electron chi connectivity index (χ4n) is 2.99. The molecule has 0 N–H and O–H groups in total. The molecular formula is C22H24N2O2. The highest BCUT2D eigenvalue weighted by Gasteiger charge is 2.15. The Morgan fingerprint density at radius 1 is 1.00 bits per heavy atom. The SMILES string of the molecule is CCN(CC)CCOC(=O)c1cc(-c2ccccc2)nc2ccccc12. The summed E-state index contributed by atoms with van der Waals surface area (Å²) in [6.45, 7) is 7.24. The number of aromatic nitrogens is 1. The Balaban J connectivity index is 1.90. The summed E-state index contributed by atoms with van der Waals surface area (Å²) in [7, 11) is 0. The molecule has 0 unspecified atom stereocenters. The molecule has 0 amide bonds. The topological polar surface area (TPSA) is 42.4 Å². The van der Waals surface area contributed by atoms with Crippen LogP contribution >= 0.6 is 0 Å². The Bertz CT molecular complexity index is 874. The van der Waals surface area contributed by atoms with Crippen LogP contribution in [0, 0.1) is 0 Å². The number of ether oxygens (including phenoxy) is 1. The summed E-state index contributed by atoms with van der Waals surface area (Å²) in [5.74, 6) is -0.298. The van der Waals surface area contributed by atoms with Crippen molar-refractivity contribution in [3.63, 3.8) is 0 Å². The molecule has 0 atom stereocenters. The zero-order chi connectivity index (χ0) is 18.4. The van der Waals surface area contributed by atoms with Crippen LogP contribution in [0.2, 0.25) is 0 Å².